The number of hydrogen-bond acceptors (Lipinski definition) is 2. The lowest BCUT2D eigenvalue weighted by atomic mass is 10.2. The molecule has 0 aromatic rings. The highest BCUT2D eigenvalue weighted by atomic mass is 16.6. The van der Waals surface area contributed by atoms with Crippen molar-refractivity contribution >= 4 is 6.21 Å². The van der Waals surface area contributed by atoms with Gasteiger partial charge in [0.2, 0.25) is 0 Å². The van der Waals surface area contributed by atoms with Gasteiger partial charge in [-0.25, -0.2) is 0 Å². The van der Waals surface area contributed by atoms with Gasteiger partial charge < -0.3 is 4.84 Å². The van der Waals surface area contributed by atoms with Crippen LogP contribution in [-0.2, 0) is 4.84 Å². The predicted octanol–water partition coefficient (Wildman–Crippen LogP) is 0.247. The first-order chi connectivity index (χ1) is 3.48. The molecule has 0 radical (unpaired) electrons. The smallest absolute Gasteiger partial charge is 0.135 e. The molecule has 2 bridgehead atoms. The lowest BCUT2D eigenvalue weighted by Gasteiger charge is -2.10. The topological polar surface area (TPSA) is 21.6 Å². The molecule has 2 atom stereocenters. The van der Waals surface area contributed by atoms with Crippen molar-refractivity contribution < 1.29 is 4.84 Å². The molecule has 2 saturated carbocycles. The van der Waals surface area contributed by atoms with Crippen LogP contribution in [0.25, 0.3) is 0 Å². The van der Waals surface area contributed by atoms with Gasteiger partial charge in [0.1, 0.15) is 6.10 Å². The lowest BCUT2D eigenvalue weighted by Crippen LogP contribution is -2.13. The van der Waals surface area contributed by atoms with Gasteiger partial charge in [-0.3, -0.25) is 0 Å². The van der Waals surface area contributed by atoms with E-state index in [1.54, 1.807) is 0 Å². The average molecular weight is 95.1 g/mol. The van der Waals surface area contributed by atoms with E-state index >= 15 is 0 Å². The molecule has 0 aromatic carbocycles. The minimum Gasteiger partial charge on any atom is -0.392 e. The molecule has 2 nitrogen and oxygen atoms in total. The summed E-state index contributed by atoms with van der Waals surface area (Å²) >= 11 is 0. The van der Waals surface area contributed by atoms with Crippen molar-refractivity contribution in [2.45, 2.75) is 6.10 Å². The molecule has 2 aliphatic heterocycles. The number of oxime groups is 1. The largest absolute Gasteiger partial charge is 0.392 e. The van der Waals surface area contributed by atoms with E-state index in [1.807, 2.05) is 6.21 Å². The molecule has 4 rings (SSSR count). The molecule has 0 amide bonds. The SMILES string of the molecule is C1=NOC2C3C1C23. The Morgan fingerprint density at radius 3 is 2.57 bits per heavy atom. The molecule has 2 heterocycles. The van der Waals surface area contributed by atoms with Crippen LogP contribution in [-0.4, -0.2) is 12.3 Å². The van der Waals surface area contributed by atoms with Gasteiger partial charge in [0.05, 0.1) is 0 Å². The summed E-state index contributed by atoms with van der Waals surface area (Å²) in [6.45, 7) is 0. The Balaban J connectivity index is 2.13. The highest BCUT2D eigenvalue weighted by Crippen LogP contribution is 2.70. The van der Waals surface area contributed by atoms with E-state index in [4.69, 9.17) is 4.84 Å². The van der Waals surface area contributed by atoms with Crippen LogP contribution < -0.4 is 0 Å². The number of nitrogens with zero attached hydrogens (tertiary/aromatic N) is 1. The van der Waals surface area contributed by atoms with Crippen molar-refractivity contribution in [3.63, 3.8) is 0 Å². The Bertz CT molecular complexity index is 137. The van der Waals surface area contributed by atoms with Crippen molar-refractivity contribution in [1.82, 2.24) is 0 Å². The molecule has 4 aliphatic rings. The van der Waals surface area contributed by atoms with Gasteiger partial charge in [-0.1, -0.05) is 5.16 Å². The van der Waals surface area contributed by atoms with Crippen LogP contribution in [0.1, 0.15) is 0 Å². The summed E-state index contributed by atoms with van der Waals surface area (Å²) < 4.78 is 0. The normalized spacial score (nSPS) is 68.6. The second-order valence-corrected chi connectivity index (χ2v) is 2.56. The fraction of sp³-hybridized carbons (Fsp3) is 0.800. The van der Waals surface area contributed by atoms with Crippen molar-refractivity contribution in [3.05, 3.63) is 0 Å². The summed E-state index contributed by atoms with van der Waals surface area (Å²) in [6, 6.07) is 0. The van der Waals surface area contributed by atoms with Crippen LogP contribution >= 0.6 is 0 Å². The van der Waals surface area contributed by atoms with Gasteiger partial charge in [0, 0.05) is 24.0 Å². The Labute approximate surface area is 41.1 Å². The second kappa shape index (κ2) is 0.522. The van der Waals surface area contributed by atoms with E-state index in [0.717, 1.165) is 17.8 Å². The highest BCUT2D eigenvalue weighted by molar-refractivity contribution is 5.71. The minimum atomic E-state index is 0.565. The first-order valence-corrected chi connectivity index (χ1v) is 2.68. The summed E-state index contributed by atoms with van der Waals surface area (Å²) in [5.41, 5.74) is 0. The van der Waals surface area contributed by atoms with Crippen molar-refractivity contribution in [1.29, 1.82) is 0 Å². The standard InChI is InChI=1S/C5H5NO/c1-2-3-4(2)5(3)7-6-1/h1-5H. The molecule has 0 spiro atoms. The molecule has 0 saturated heterocycles. The third-order valence-electron chi connectivity index (χ3n) is 2.23. The molecule has 2 heteroatoms. The summed E-state index contributed by atoms with van der Waals surface area (Å²) in [7, 11) is 0. The molecule has 0 aromatic heterocycles. The second-order valence-electron chi connectivity index (χ2n) is 2.56. The van der Waals surface area contributed by atoms with Gasteiger partial charge in [-0.2, -0.15) is 0 Å². The zero-order chi connectivity index (χ0) is 4.43. The third-order valence-corrected chi connectivity index (χ3v) is 2.23. The van der Waals surface area contributed by atoms with Crippen LogP contribution in [0, 0.1) is 17.8 Å². The van der Waals surface area contributed by atoms with Crippen LogP contribution in [0.3, 0.4) is 0 Å². The van der Waals surface area contributed by atoms with E-state index in [0.29, 0.717) is 6.10 Å². The Morgan fingerprint density at radius 1 is 1.43 bits per heavy atom. The zero-order valence-corrected chi connectivity index (χ0v) is 3.74. The monoisotopic (exact) mass is 95.0 g/mol. The minimum absolute atomic E-state index is 0.565. The van der Waals surface area contributed by atoms with Gasteiger partial charge in [0.15, 0.2) is 0 Å². The maximum Gasteiger partial charge on any atom is 0.135 e. The molecule has 2 unspecified atom stereocenters. The molecule has 7 heavy (non-hydrogen) atoms. The van der Waals surface area contributed by atoms with Crippen LogP contribution in [0.15, 0.2) is 5.16 Å². The summed E-state index contributed by atoms with van der Waals surface area (Å²) in [6.07, 6.45) is 2.50. The lowest BCUT2D eigenvalue weighted by molar-refractivity contribution is 0.0701. The summed E-state index contributed by atoms with van der Waals surface area (Å²) in [4.78, 5) is 4.95. The zero-order valence-electron chi connectivity index (χ0n) is 3.74. The number of fused-ring (bicyclic) bond motifs is 1. The predicted molar refractivity (Wildman–Crippen MR) is 23.8 cm³/mol. The Morgan fingerprint density at radius 2 is 2.29 bits per heavy atom. The Hall–Kier alpha value is -0.530. The summed E-state index contributed by atoms with van der Waals surface area (Å²) in [5.74, 6) is 2.67. The van der Waals surface area contributed by atoms with Crippen molar-refractivity contribution in [3.8, 4) is 0 Å². The van der Waals surface area contributed by atoms with Crippen LogP contribution in [0.5, 0.6) is 0 Å². The third kappa shape index (κ3) is 0.143. The Kier molecular flexibility index (Phi) is 0.201. The number of hydrogen-bond donors (Lipinski definition) is 0. The maximum atomic E-state index is 4.95. The van der Waals surface area contributed by atoms with E-state index < -0.39 is 0 Å². The summed E-state index contributed by atoms with van der Waals surface area (Å²) in [5, 5.41) is 3.70. The van der Waals surface area contributed by atoms with Crippen molar-refractivity contribution in [2.24, 2.45) is 22.9 Å². The van der Waals surface area contributed by atoms with Crippen LogP contribution in [0.2, 0.25) is 0 Å². The van der Waals surface area contributed by atoms with Gasteiger partial charge in [-0.15, -0.1) is 0 Å². The van der Waals surface area contributed by atoms with Gasteiger partial charge in [-0.05, 0) is 0 Å². The van der Waals surface area contributed by atoms with E-state index in [2.05, 4.69) is 5.16 Å². The first kappa shape index (κ1) is 2.70. The highest BCUT2D eigenvalue weighted by Gasteiger charge is 2.77. The fourth-order valence-corrected chi connectivity index (χ4v) is 1.52. The van der Waals surface area contributed by atoms with Gasteiger partial charge >= 0.3 is 0 Å². The number of rotatable bonds is 0. The first-order valence-electron chi connectivity index (χ1n) is 2.68. The van der Waals surface area contributed by atoms with Crippen LogP contribution in [0.4, 0.5) is 0 Å². The average Bonchev–Trinajstić information content (AvgIpc) is 2.53. The maximum absolute atomic E-state index is 4.95. The van der Waals surface area contributed by atoms with E-state index in [9.17, 15) is 0 Å². The molecule has 2 fully saturated rings. The molecular weight excluding hydrogens is 90.1 g/mol. The molecule has 36 valence electrons. The van der Waals surface area contributed by atoms with E-state index in [-0.39, 0.29) is 0 Å². The molecular formula is C5H5NO. The van der Waals surface area contributed by atoms with E-state index in [1.165, 1.54) is 0 Å². The molecule has 0 N–H and O–H groups in total. The quantitative estimate of drug-likeness (QED) is 0.422. The van der Waals surface area contributed by atoms with Gasteiger partial charge in [0.25, 0.3) is 0 Å². The molecule has 2 aliphatic carbocycles. The van der Waals surface area contributed by atoms with Crippen molar-refractivity contribution in [2.75, 3.05) is 0 Å². The fourth-order valence-electron chi connectivity index (χ4n) is 1.52.